The van der Waals surface area contributed by atoms with E-state index in [2.05, 4.69) is 32.6 Å². The van der Waals surface area contributed by atoms with E-state index in [0.29, 0.717) is 16.1 Å². The van der Waals surface area contributed by atoms with Crippen molar-refractivity contribution >= 4 is 45.8 Å². The number of hydrogen-bond acceptors (Lipinski definition) is 2. The summed E-state index contributed by atoms with van der Waals surface area (Å²) in [4.78, 5) is 8.22. The molecule has 2 rings (SSSR count). The van der Waals surface area contributed by atoms with Gasteiger partial charge in [0, 0.05) is 15.2 Å². The summed E-state index contributed by atoms with van der Waals surface area (Å²) in [5, 5.41) is 0.702. The topological polar surface area (TPSA) is 25.8 Å². The molecule has 15 heavy (non-hydrogen) atoms. The van der Waals surface area contributed by atoms with Gasteiger partial charge >= 0.3 is 0 Å². The third-order valence-electron chi connectivity index (χ3n) is 1.75. The molecule has 0 saturated carbocycles. The Hall–Kier alpha value is -0.390. The second-order valence-corrected chi connectivity index (χ2v) is 4.87. The first-order valence-corrected chi connectivity index (χ1v) is 5.94. The average Bonchev–Trinajstić information content (AvgIpc) is 2.16. The Morgan fingerprint density at radius 1 is 1.00 bits per heavy atom. The van der Waals surface area contributed by atoms with Crippen molar-refractivity contribution in [3.63, 3.8) is 0 Å². The Morgan fingerprint density at radius 3 is 2.27 bits per heavy atom. The largest absolute Gasteiger partial charge is 0.216 e. The highest BCUT2D eigenvalue weighted by Gasteiger charge is 2.04. The molecule has 1 aromatic heterocycles. The van der Waals surface area contributed by atoms with Gasteiger partial charge in [-0.25, -0.2) is 9.97 Å². The van der Waals surface area contributed by atoms with E-state index in [1.54, 1.807) is 0 Å². The number of nitrogens with zero attached hydrogens (tertiary/aromatic N) is 2. The lowest BCUT2D eigenvalue weighted by Crippen LogP contribution is -1.90. The second-order valence-electron chi connectivity index (χ2n) is 2.85. The van der Waals surface area contributed by atoms with Gasteiger partial charge in [0.15, 0.2) is 5.82 Å². The number of aromatic nitrogens is 2. The van der Waals surface area contributed by atoms with Gasteiger partial charge in [0.05, 0.1) is 0 Å². The summed E-state index contributed by atoms with van der Waals surface area (Å²) in [6.07, 6.45) is 0. The highest BCUT2D eigenvalue weighted by Crippen LogP contribution is 2.21. The highest BCUT2D eigenvalue weighted by atomic mass is 127. The average molecular weight is 351 g/mol. The fourth-order valence-electron chi connectivity index (χ4n) is 1.15. The Bertz CT molecular complexity index is 482. The van der Waals surface area contributed by atoms with Crippen molar-refractivity contribution in [1.29, 1.82) is 0 Å². The van der Waals surface area contributed by atoms with Crippen LogP contribution in [0.3, 0.4) is 0 Å². The van der Waals surface area contributed by atoms with Crippen LogP contribution >= 0.6 is 45.8 Å². The number of hydrogen-bond donors (Lipinski definition) is 0. The molecule has 1 aromatic carbocycles. The summed E-state index contributed by atoms with van der Waals surface area (Å²) < 4.78 is 1.12. The van der Waals surface area contributed by atoms with E-state index < -0.39 is 0 Å². The molecule has 5 heteroatoms. The monoisotopic (exact) mass is 350 g/mol. The van der Waals surface area contributed by atoms with Gasteiger partial charge in [0.2, 0.25) is 0 Å². The molecule has 1 heterocycles. The second kappa shape index (κ2) is 4.63. The molecule has 0 radical (unpaired) electrons. The van der Waals surface area contributed by atoms with Crippen molar-refractivity contribution in [2.75, 3.05) is 0 Å². The van der Waals surface area contributed by atoms with Crippen LogP contribution in [0.2, 0.25) is 10.3 Å². The minimum Gasteiger partial charge on any atom is -0.216 e. The van der Waals surface area contributed by atoms with Crippen molar-refractivity contribution in [2.45, 2.75) is 0 Å². The van der Waals surface area contributed by atoms with Gasteiger partial charge in [-0.3, -0.25) is 0 Å². The van der Waals surface area contributed by atoms with Gasteiger partial charge in [0.1, 0.15) is 10.3 Å². The summed E-state index contributed by atoms with van der Waals surface area (Å²) in [6.45, 7) is 0. The maximum Gasteiger partial charge on any atom is 0.162 e. The smallest absolute Gasteiger partial charge is 0.162 e. The third-order valence-corrected chi connectivity index (χ3v) is 2.80. The van der Waals surface area contributed by atoms with Gasteiger partial charge in [-0.1, -0.05) is 35.3 Å². The standard InChI is InChI=1S/C10H5Cl2IN2/c11-8-5-9(12)15-10(14-8)6-2-1-3-7(13)4-6/h1-5H. The molecule has 0 spiro atoms. The predicted octanol–water partition coefficient (Wildman–Crippen LogP) is 4.06. The van der Waals surface area contributed by atoms with Crippen LogP contribution in [0, 0.1) is 3.57 Å². The first-order chi connectivity index (χ1) is 7.15. The van der Waals surface area contributed by atoms with Crippen LogP contribution in [0.5, 0.6) is 0 Å². The van der Waals surface area contributed by atoms with Crippen LogP contribution in [-0.2, 0) is 0 Å². The van der Waals surface area contributed by atoms with Crippen molar-refractivity contribution in [3.05, 3.63) is 44.2 Å². The summed E-state index contributed by atoms with van der Waals surface area (Å²) in [6, 6.07) is 9.35. The Labute approximate surface area is 111 Å². The van der Waals surface area contributed by atoms with E-state index in [9.17, 15) is 0 Å². The van der Waals surface area contributed by atoms with Gasteiger partial charge in [-0.15, -0.1) is 0 Å². The number of rotatable bonds is 1. The van der Waals surface area contributed by atoms with Crippen LogP contribution in [0.1, 0.15) is 0 Å². The van der Waals surface area contributed by atoms with Gasteiger partial charge in [0.25, 0.3) is 0 Å². The lowest BCUT2D eigenvalue weighted by molar-refractivity contribution is 1.18. The molecule has 0 aliphatic rings. The maximum atomic E-state index is 5.80. The van der Waals surface area contributed by atoms with E-state index in [4.69, 9.17) is 23.2 Å². The molecular formula is C10H5Cl2IN2. The van der Waals surface area contributed by atoms with Crippen LogP contribution in [0.15, 0.2) is 30.3 Å². The molecule has 76 valence electrons. The Kier molecular flexibility index (Phi) is 3.43. The van der Waals surface area contributed by atoms with Crippen LogP contribution in [0.25, 0.3) is 11.4 Å². The summed E-state index contributed by atoms with van der Waals surface area (Å²) in [5.41, 5.74) is 0.909. The molecule has 0 aliphatic carbocycles. The molecule has 0 fully saturated rings. The van der Waals surface area contributed by atoms with E-state index in [-0.39, 0.29) is 0 Å². The Balaban J connectivity index is 2.54. The molecule has 0 N–H and O–H groups in total. The summed E-state index contributed by atoms with van der Waals surface area (Å²) in [5.74, 6) is 0.547. The highest BCUT2D eigenvalue weighted by molar-refractivity contribution is 14.1. The first kappa shape index (κ1) is 11.1. The quantitative estimate of drug-likeness (QED) is 0.572. The van der Waals surface area contributed by atoms with Crippen LogP contribution in [-0.4, -0.2) is 9.97 Å². The van der Waals surface area contributed by atoms with E-state index in [1.807, 2.05) is 24.3 Å². The molecule has 0 saturated heterocycles. The maximum absolute atomic E-state index is 5.80. The molecule has 0 bridgehead atoms. The van der Waals surface area contributed by atoms with Gasteiger partial charge < -0.3 is 0 Å². The minimum absolute atomic E-state index is 0.351. The molecule has 0 atom stereocenters. The summed E-state index contributed by atoms with van der Waals surface area (Å²) in [7, 11) is 0. The SMILES string of the molecule is Clc1cc(Cl)nc(-c2cccc(I)c2)n1. The van der Waals surface area contributed by atoms with Crippen LogP contribution in [0.4, 0.5) is 0 Å². The fourth-order valence-corrected chi connectivity index (χ4v) is 2.11. The summed E-state index contributed by atoms with van der Waals surface area (Å²) >= 11 is 13.8. The van der Waals surface area contributed by atoms with E-state index in [0.717, 1.165) is 9.13 Å². The number of halogens is 3. The Morgan fingerprint density at radius 2 is 1.67 bits per heavy atom. The lowest BCUT2D eigenvalue weighted by Gasteiger charge is -2.01. The normalized spacial score (nSPS) is 10.3. The number of benzene rings is 1. The van der Waals surface area contributed by atoms with Crippen molar-refractivity contribution in [3.8, 4) is 11.4 Å². The van der Waals surface area contributed by atoms with E-state index >= 15 is 0 Å². The molecule has 2 aromatic rings. The zero-order chi connectivity index (χ0) is 10.8. The first-order valence-electron chi connectivity index (χ1n) is 4.11. The van der Waals surface area contributed by atoms with Crippen molar-refractivity contribution < 1.29 is 0 Å². The zero-order valence-electron chi connectivity index (χ0n) is 7.42. The van der Waals surface area contributed by atoms with E-state index in [1.165, 1.54) is 6.07 Å². The predicted molar refractivity (Wildman–Crippen MR) is 70.2 cm³/mol. The molecule has 0 amide bonds. The zero-order valence-corrected chi connectivity index (χ0v) is 11.1. The fraction of sp³-hybridized carbons (Fsp3) is 0. The van der Waals surface area contributed by atoms with Gasteiger partial charge in [-0.05, 0) is 34.7 Å². The molecule has 0 aliphatic heterocycles. The molecule has 0 unspecified atom stereocenters. The minimum atomic E-state index is 0.351. The third kappa shape index (κ3) is 2.80. The molecular weight excluding hydrogens is 346 g/mol. The van der Waals surface area contributed by atoms with Crippen molar-refractivity contribution in [1.82, 2.24) is 9.97 Å². The van der Waals surface area contributed by atoms with Crippen molar-refractivity contribution in [2.24, 2.45) is 0 Å². The van der Waals surface area contributed by atoms with Crippen LogP contribution < -0.4 is 0 Å². The molecule has 2 nitrogen and oxygen atoms in total. The lowest BCUT2D eigenvalue weighted by atomic mass is 10.2. The van der Waals surface area contributed by atoms with Gasteiger partial charge in [-0.2, -0.15) is 0 Å².